The van der Waals surface area contributed by atoms with Gasteiger partial charge in [0, 0.05) is 11.5 Å². The molecule has 2 saturated carbocycles. The first kappa shape index (κ1) is 10.9. The summed E-state index contributed by atoms with van der Waals surface area (Å²) in [6.45, 7) is 1.82. The predicted octanol–water partition coefficient (Wildman–Crippen LogP) is 3.75. The fourth-order valence-corrected chi connectivity index (χ4v) is 3.46. The molecule has 1 aromatic carbocycles. The smallest absolute Gasteiger partial charge is 0.166 e. The third kappa shape index (κ3) is 1.80. The second-order valence-corrected chi connectivity index (χ2v) is 5.46. The van der Waals surface area contributed by atoms with Gasteiger partial charge in [-0.2, -0.15) is 0 Å². The van der Waals surface area contributed by atoms with Crippen LogP contribution >= 0.6 is 0 Å². The van der Waals surface area contributed by atoms with Crippen molar-refractivity contribution in [1.82, 2.24) is 0 Å². The Kier molecular flexibility index (Phi) is 2.53. The fraction of sp³-hybridized carbons (Fsp3) is 0.533. The second-order valence-electron chi connectivity index (χ2n) is 5.46. The standard InChI is InChI=1S/C15H17FO/c1-9-8-10(16)6-7-11(9)15(17)14-12-4-2-3-5-13(12)14/h6-8,12-14H,2-5H2,1H3. The van der Waals surface area contributed by atoms with Crippen LogP contribution < -0.4 is 0 Å². The third-order valence-corrected chi connectivity index (χ3v) is 4.41. The maximum atomic E-state index is 13.0. The molecule has 2 heteroatoms. The van der Waals surface area contributed by atoms with Gasteiger partial charge in [-0.05, 0) is 55.4 Å². The highest BCUT2D eigenvalue weighted by molar-refractivity contribution is 6.01. The summed E-state index contributed by atoms with van der Waals surface area (Å²) in [7, 11) is 0. The average Bonchev–Trinajstić information content (AvgIpc) is 3.02. The lowest BCUT2D eigenvalue weighted by atomic mass is 10.00. The maximum Gasteiger partial charge on any atom is 0.166 e. The average molecular weight is 232 g/mol. The number of carbonyl (C=O) groups is 1. The first-order valence-electron chi connectivity index (χ1n) is 6.49. The molecule has 0 saturated heterocycles. The normalized spacial score (nSPS) is 30.8. The van der Waals surface area contributed by atoms with E-state index in [-0.39, 0.29) is 17.5 Å². The largest absolute Gasteiger partial charge is 0.294 e. The van der Waals surface area contributed by atoms with Crippen molar-refractivity contribution in [1.29, 1.82) is 0 Å². The minimum atomic E-state index is -0.257. The monoisotopic (exact) mass is 232 g/mol. The van der Waals surface area contributed by atoms with E-state index in [0.29, 0.717) is 11.8 Å². The third-order valence-electron chi connectivity index (χ3n) is 4.41. The lowest BCUT2D eigenvalue weighted by Gasteiger charge is -2.04. The molecule has 17 heavy (non-hydrogen) atoms. The van der Waals surface area contributed by atoms with Crippen LogP contribution in [0.1, 0.15) is 41.6 Å². The number of hydrogen-bond acceptors (Lipinski definition) is 1. The van der Waals surface area contributed by atoms with Gasteiger partial charge in [-0.3, -0.25) is 4.79 Å². The van der Waals surface area contributed by atoms with Gasteiger partial charge in [-0.1, -0.05) is 12.8 Å². The molecule has 2 aliphatic rings. The topological polar surface area (TPSA) is 17.1 Å². The number of halogens is 1. The minimum Gasteiger partial charge on any atom is -0.294 e. The van der Waals surface area contributed by atoms with E-state index in [4.69, 9.17) is 0 Å². The van der Waals surface area contributed by atoms with Crippen molar-refractivity contribution >= 4 is 5.78 Å². The molecule has 0 N–H and O–H groups in total. The van der Waals surface area contributed by atoms with E-state index in [0.717, 1.165) is 11.1 Å². The number of carbonyl (C=O) groups excluding carboxylic acids is 1. The summed E-state index contributed by atoms with van der Waals surface area (Å²) in [6.07, 6.45) is 4.96. The zero-order chi connectivity index (χ0) is 12.0. The zero-order valence-corrected chi connectivity index (χ0v) is 10.1. The van der Waals surface area contributed by atoms with Crippen molar-refractivity contribution in [3.63, 3.8) is 0 Å². The van der Waals surface area contributed by atoms with E-state index < -0.39 is 0 Å². The molecule has 0 bridgehead atoms. The summed E-state index contributed by atoms with van der Waals surface area (Å²) in [6, 6.07) is 4.50. The van der Waals surface area contributed by atoms with Crippen LogP contribution in [-0.4, -0.2) is 5.78 Å². The van der Waals surface area contributed by atoms with Crippen LogP contribution in [0.4, 0.5) is 4.39 Å². The highest BCUT2D eigenvalue weighted by atomic mass is 19.1. The summed E-state index contributed by atoms with van der Waals surface area (Å²) < 4.78 is 13.0. The number of rotatable bonds is 2. The van der Waals surface area contributed by atoms with Crippen LogP contribution in [0.2, 0.25) is 0 Å². The van der Waals surface area contributed by atoms with Gasteiger partial charge in [0.05, 0.1) is 0 Å². The van der Waals surface area contributed by atoms with Gasteiger partial charge in [0.25, 0.3) is 0 Å². The van der Waals surface area contributed by atoms with Gasteiger partial charge in [0.2, 0.25) is 0 Å². The van der Waals surface area contributed by atoms with Crippen molar-refractivity contribution < 1.29 is 9.18 Å². The molecule has 2 aliphatic carbocycles. The minimum absolute atomic E-state index is 0.238. The molecule has 3 rings (SSSR count). The SMILES string of the molecule is Cc1cc(F)ccc1C(=O)C1C2CCCCC21. The Morgan fingerprint density at radius 2 is 1.88 bits per heavy atom. The van der Waals surface area contributed by atoms with Crippen LogP contribution in [-0.2, 0) is 0 Å². The van der Waals surface area contributed by atoms with Crippen molar-refractivity contribution in [2.75, 3.05) is 0 Å². The van der Waals surface area contributed by atoms with Gasteiger partial charge < -0.3 is 0 Å². The summed E-state index contributed by atoms with van der Waals surface area (Å²) in [5, 5.41) is 0. The van der Waals surface area contributed by atoms with Crippen LogP contribution in [0, 0.1) is 30.5 Å². The van der Waals surface area contributed by atoms with E-state index in [1.807, 2.05) is 6.92 Å². The Morgan fingerprint density at radius 1 is 1.24 bits per heavy atom. The molecule has 0 radical (unpaired) electrons. The number of benzene rings is 1. The first-order chi connectivity index (χ1) is 8.18. The molecule has 2 unspecified atom stereocenters. The molecule has 0 aromatic heterocycles. The van der Waals surface area contributed by atoms with Crippen molar-refractivity contribution in [2.24, 2.45) is 17.8 Å². The number of Topliss-reactive ketones (excluding diaryl/α,β-unsaturated/α-hetero) is 1. The molecule has 2 atom stereocenters. The fourth-order valence-electron chi connectivity index (χ4n) is 3.46. The van der Waals surface area contributed by atoms with Crippen LogP contribution in [0.3, 0.4) is 0 Å². The summed E-state index contributed by atoms with van der Waals surface area (Å²) >= 11 is 0. The molecule has 2 fully saturated rings. The first-order valence-corrected chi connectivity index (χ1v) is 6.49. The van der Waals surface area contributed by atoms with Gasteiger partial charge in [0.15, 0.2) is 5.78 Å². The lowest BCUT2D eigenvalue weighted by Crippen LogP contribution is -2.06. The second kappa shape index (κ2) is 3.94. The molecule has 0 aliphatic heterocycles. The van der Waals surface area contributed by atoms with E-state index in [2.05, 4.69) is 0 Å². The molecule has 90 valence electrons. The van der Waals surface area contributed by atoms with E-state index in [1.54, 1.807) is 6.07 Å². The van der Waals surface area contributed by atoms with Crippen LogP contribution in [0.15, 0.2) is 18.2 Å². The van der Waals surface area contributed by atoms with Crippen molar-refractivity contribution in [3.05, 3.63) is 35.1 Å². The van der Waals surface area contributed by atoms with Crippen molar-refractivity contribution in [2.45, 2.75) is 32.6 Å². The molecule has 0 amide bonds. The highest BCUT2D eigenvalue weighted by Crippen LogP contribution is 2.56. The number of aryl methyl sites for hydroxylation is 1. The molecule has 1 aromatic rings. The molecule has 1 nitrogen and oxygen atoms in total. The Bertz CT molecular complexity index is 454. The molecule has 0 spiro atoms. The number of fused-ring (bicyclic) bond motifs is 1. The van der Waals surface area contributed by atoms with Gasteiger partial charge in [-0.15, -0.1) is 0 Å². The Morgan fingerprint density at radius 3 is 2.47 bits per heavy atom. The Labute approximate surface area is 101 Å². The molecular formula is C15H17FO. The van der Waals surface area contributed by atoms with Gasteiger partial charge >= 0.3 is 0 Å². The lowest BCUT2D eigenvalue weighted by molar-refractivity contribution is 0.0955. The number of hydrogen-bond donors (Lipinski definition) is 0. The van der Waals surface area contributed by atoms with Crippen LogP contribution in [0.25, 0.3) is 0 Å². The zero-order valence-electron chi connectivity index (χ0n) is 10.1. The quantitative estimate of drug-likeness (QED) is 0.710. The Hall–Kier alpha value is -1.18. The van der Waals surface area contributed by atoms with Crippen molar-refractivity contribution in [3.8, 4) is 0 Å². The maximum absolute atomic E-state index is 13.0. The van der Waals surface area contributed by atoms with E-state index in [9.17, 15) is 9.18 Å². The van der Waals surface area contributed by atoms with E-state index in [1.165, 1.54) is 37.8 Å². The summed E-state index contributed by atoms with van der Waals surface area (Å²) in [4.78, 5) is 12.4. The molecule has 0 heterocycles. The van der Waals surface area contributed by atoms with E-state index >= 15 is 0 Å². The molecular weight excluding hydrogens is 215 g/mol. The van der Waals surface area contributed by atoms with Crippen LogP contribution in [0.5, 0.6) is 0 Å². The number of ketones is 1. The predicted molar refractivity (Wildman–Crippen MR) is 64.4 cm³/mol. The van der Waals surface area contributed by atoms with Gasteiger partial charge in [0.1, 0.15) is 5.82 Å². The summed E-state index contributed by atoms with van der Waals surface area (Å²) in [5.74, 6) is 1.48. The van der Waals surface area contributed by atoms with Gasteiger partial charge in [-0.25, -0.2) is 4.39 Å². The Balaban J connectivity index is 1.83. The highest BCUT2D eigenvalue weighted by Gasteiger charge is 2.54. The summed E-state index contributed by atoms with van der Waals surface area (Å²) in [5.41, 5.74) is 1.50.